The van der Waals surface area contributed by atoms with Gasteiger partial charge in [0.2, 0.25) is 5.88 Å². The zero-order valence-corrected chi connectivity index (χ0v) is 12.8. The van der Waals surface area contributed by atoms with E-state index in [4.69, 9.17) is 16.3 Å². The molecular formula is C15H17ClN4O2. The molecule has 22 heavy (non-hydrogen) atoms. The van der Waals surface area contributed by atoms with Gasteiger partial charge in [-0.15, -0.1) is 0 Å². The molecule has 0 bridgehead atoms. The van der Waals surface area contributed by atoms with Crippen LogP contribution in [0, 0.1) is 5.92 Å². The van der Waals surface area contributed by atoms with Crippen molar-refractivity contribution in [2.75, 3.05) is 13.2 Å². The predicted octanol–water partition coefficient (Wildman–Crippen LogP) is 2.15. The van der Waals surface area contributed by atoms with Gasteiger partial charge in [0.25, 0.3) is 5.91 Å². The summed E-state index contributed by atoms with van der Waals surface area (Å²) in [5.41, 5.74) is 0.425. The van der Waals surface area contributed by atoms with Gasteiger partial charge >= 0.3 is 0 Å². The molecule has 0 radical (unpaired) electrons. The minimum Gasteiger partial charge on any atom is -0.476 e. The number of hydrogen-bond acceptors (Lipinski definition) is 4. The molecule has 1 amide bonds. The lowest BCUT2D eigenvalue weighted by molar-refractivity contribution is 0.0952. The summed E-state index contributed by atoms with van der Waals surface area (Å²) >= 11 is 6.11. The van der Waals surface area contributed by atoms with Gasteiger partial charge in [-0.3, -0.25) is 4.79 Å². The van der Waals surface area contributed by atoms with Crippen molar-refractivity contribution in [3.05, 3.63) is 41.6 Å². The monoisotopic (exact) mass is 320 g/mol. The van der Waals surface area contributed by atoms with E-state index in [1.54, 1.807) is 18.6 Å². The lowest BCUT2D eigenvalue weighted by Gasteiger charge is -2.09. The van der Waals surface area contributed by atoms with Gasteiger partial charge in [-0.2, -0.15) is 0 Å². The average molecular weight is 321 g/mol. The third-order valence-corrected chi connectivity index (χ3v) is 3.71. The SMILES string of the molecule is O=C(NCCn1ccnc1)c1cnc(OCC2CC2)c(Cl)c1. The molecule has 0 aliphatic heterocycles. The number of amides is 1. The Labute approximate surface area is 133 Å². The predicted molar refractivity (Wildman–Crippen MR) is 82.0 cm³/mol. The maximum Gasteiger partial charge on any atom is 0.252 e. The Bertz CT molecular complexity index is 641. The molecule has 2 heterocycles. The van der Waals surface area contributed by atoms with Gasteiger partial charge in [-0.05, 0) is 24.8 Å². The highest BCUT2D eigenvalue weighted by atomic mass is 35.5. The molecule has 7 heteroatoms. The van der Waals surface area contributed by atoms with Gasteiger partial charge in [0, 0.05) is 31.7 Å². The number of carbonyl (C=O) groups is 1. The van der Waals surface area contributed by atoms with Crippen LogP contribution in [0.1, 0.15) is 23.2 Å². The van der Waals surface area contributed by atoms with Crippen molar-refractivity contribution in [2.45, 2.75) is 19.4 Å². The number of nitrogens with zero attached hydrogens (tertiary/aromatic N) is 3. The number of hydrogen-bond donors (Lipinski definition) is 1. The number of aromatic nitrogens is 3. The summed E-state index contributed by atoms with van der Waals surface area (Å²) in [6.07, 6.45) is 9.14. The van der Waals surface area contributed by atoms with Crippen molar-refractivity contribution in [2.24, 2.45) is 5.92 Å². The van der Waals surface area contributed by atoms with Gasteiger partial charge in [0.1, 0.15) is 5.02 Å². The first-order valence-electron chi connectivity index (χ1n) is 7.24. The zero-order chi connectivity index (χ0) is 15.4. The Kier molecular flexibility index (Phi) is 4.58. The normalized spacial score (nSPS) is 13.9. The summed E-state index contributed by atoms with van der Waals surface area (Å²) in [4.78, 5) is 20.1. The van der Waals surface area contributed by atoms with Crippen LogP contribution < -0.4 is 10.1 Å². The lowest BCUT2D eigenvalue weighted by Crippen LogP contribution is -2.27. The molecule has 0 aromatic carbocycles. The van der Waals surface area contributed by atoms with Crippen LogP contribution in [0.15, 0.2) is 31.0 Å². The summed E-state index contributed by atoms with van der Waals surface area (Å²) < 4.78 is 7.43. The number of pyridine rings is 1. The summed E-state index contributed by atoms with van der Waals surface area (Å²) in [7, 11) is 0. The highest BCUT2D eigenvalue weighted by Gasteiger charge is 2.22. The van der Waals surface area contributed by atoms with Crippen LogP contribution in [-0.2, 0) is 6.54 Å². The third-order valence-electron chi connectivity index (χ3n) is 3.44. The molecule has 1 fully saturated rings. The fourth-order valence-corrected chi connectivity index (χ4v) is 2.18. The summed E-state index contributed by atoms with van der Waals surface area (Å²) in [5, 5.41) is 3.18. The highest BCUT2D eigenvalue weighted by molar-refractivity contribution is 6.32. The smallest absolute Gasteiger partial charge is 0.252 e. The largest absolute Gasteiger partial charge is 0.476 e. The third kappa shape index (κ3) is 3.98. The van der Waals surface area contributed by atoms with Crippen molar-refractivity contribution in [3.8, 4) is 5.88 Å². The minimum absolute atomic E-state index is 0.205. The maximum atomic E-state index is 12.0. The summed E-state index contributed by atoms with van der Waals surface area (Å²) in [5.74, 6) is 0.816. The lowest BCUT2D eigenvalue weighted by atomic mass is 10.2. The standard InChI is InChI=1S/C15H17ClN4O2/c16-13-7-12(8-19-15(13)22-9-11-1-2-11)14(21)18-4-6-20-5-3-17-10-20/h3,5,7-8,10-11H,1-2,4,6,9H2,(H,18,21). The second-order valence-electron chi connectivity index (χ2n) is 5.32. The number of carbonyl (C=O) groups excluding carboxylic acids is 1. The quantitative estimate of drug-likeness (QED) is 0.848. The Morgan fingerprint density at radius 1 is 1.50 bits per heavy atom. The molecule has 3 rings (SSSR count). The van der Waals surface area contributed by atoms with E-state index in [0.717, 1.165) is 0 Å². The molecule has 116 valence electrons. The van der Waals surface area contributed by atoms with Crippen LogP contribution in [0.4, 0.5) is 0 Å². The van der Waals surface area contributed by atoms with E-state index in [1.165, 1.54) is 19.0 Å². The molecule has 2 aromatic rings. The van der Waals surface area contributed by atoms with Crippen LogP contribution in [0.2, 0.25) is 5.02 Å². The fourth-order valence-electron chi connectivity index (χ4n) is 1.96. The second-order valence-corrected chi connectivity index (χ2v) is 5.73. The molecule has 0 spiro atoms. The number of halogens is 1. The molecule has 0 saturated heterocycles. The van der Waals surface area contributed by atoms with Crippen LogP contribution in [0.25, 0.3) is 0 Å². The van der Waals surface area contributed by atoms with Crippen LogP contribution in [0.5, 0.6) is 5.88 Å². The molecule has 6 nitrogen and oxygen atoms in total. The number of nitrogens with one attached hydrogen (secondary N) is 1. The first-order valence-corrected chi connectivity index (χ1v) is 7.62. The Balaban J connectivity index is 1.51. The first-order chi connectivity index (χ1) is 10.7. The fraction of sp³-hybridized carbons (Fsp3) is 0.400. The molecule has 1 saturated carbocycles. The van der Waals surface area contributed by atoms with Gasteiger partial charge in [0.15, 0.2) is 0 Å². The summed E-state index contributed by atoms with van der Waals surface area (Å²) in [6.45, 7) is 1.81. The van der Waals surface area contributed by atoms with E-state index in [9.17, 15) is 4.79 Å². The Morgan fingerprint density at radius 3 is 3.05 bits per heavy atom. The van der Waals surface area contributed by atoms with Gasteiger partial charge in [-0.25, -0.2) is 9.97 Å². The maximum absolute atomic E-state index is 12.0. The molecule has 1 aliphatic carbocycles. The minimum atomic E-state index is -0.205. The zero-order valence-electron chi connectivity index (χ0n) is 12.0. The van der Waals surface area contributed by atoms with Gasteiger partial charge in [-0.1, -0.05) is 11.6 Å². The Hall–Kier alpha value is -2.08. The van der Waals surface area contributed by atoms with E-state index in [0.29, 0.717) is 42.1 Å². The topological polar surface area (TPSA) is 69.0 Å². The van der Waals surface area contributed by atoms with Gasteiger partial charge in [0.05, 0.1) is 18.5 Å². The van der Waals surface area contributed by atoms with Crippen molar-refractivity contribution in [1.29, 1.82) is 0 Å². The van der Waals surface area contributed by atoms with E-state index in [-0.39, 0.29) is 5.91 Å². The number of ether oxygens (including phenoxy) is 1. The van der Waals surface area contributed by atoms with Crippen molar-refractivity contribution >= 4 is 17.5 Å². The second kappa shape index (κ2) is 6.79. The average Bonchev–Trinajstić information content (AvgIpc) is 3.20. The van der Waals surface area contributed by atoms with Crippen LogP contribution >= 0.6 is 11.6 Å². The van der Waals surface area contributed by atoms with Gasteiger partial charge < -0.3 is 14.6 Å². The van der Waals surface area contributed by atoms with E-state index in [1.807, 2.05) is 10.8 Å². The molecular weight excluding hydrogens is 304 g/mol. The van der Waals surface area contributed by atoms with Crippen LogP contribution in [-0.4, -0.2) is 33.6 Å². The number of rotatable bonds is 7. The molecule has 0 atom stereocenters. The van der Waals surface area contributed by atoms with E-state index >= 15 is 0 Å². The molecule has 1 aliphatic rings. The number of imidazole rings is 1. The molecule has 0 unspecified atom stereocenters. The first kappa shape index (κ1) is 14.8. The molecule has 1 N–H and O–H groups in total. The van der Waals surface area contributed by atoms with Crippen molar-refractivity contribution < 1.29 is 9.53 Å². The van der Waals surface area contributed by atoms with Crippen molar-refractivity contribution in [1.82, 2.24) is 19.9 Å². The van der Waals surface area contributed by atoms with Crippen molar-refractivity contribution in [3.63, 3.8) is 0 Å². The van der Waals surface area contributed by atoms with E-state index in [2.05, 4.69) is 15.3 Å². The Morgan fingerprint density at radius 2 is 2.36 bits per heavy atom. The molecule has 2 aromatic heterocycles. The van der Waals surface area contributed by atoms with E-state index < -0.39 is 0 Å². The van der Waals surface area contributed by atoms with Crippen LogP contribution in [0.3, 0.4) is 0 Å². The summed E-state index contributed by atoms with van der Waals surface area (Å²) in [6, 6.07) is 1.59. The highest BCUT2D eigenvalue weighted by Crippen LogP contribution is 2.30.